The van der Waals surface area contributed by atoms with Crippen LogP contribution in [-0.2, 0) is 0 Å². The third-order valence-corrected chi connectivity index (χ3v) is 2.36. The normalized spacial score (nSPS) is 13.3. The average Bonchev–Trinajstić information content (AvgIpc) is 2.95. The van der Waals surface area contributed by atoms with E-state index in [1.165, 1.54) is 12.5 Å². The summed E-state index contributed by atoms with van der Waals surface area (Å²) >= 11 is 0. The van der Waals surface area contributed by atoms with Crippen LogP contribution in [0.4, 0.5) is 0 Å². The van der Waals surface area contributed by atoms with Crippen molar-refractivity contribution in [2.24, 2.45) is 5.73 Å². The van der Waals surface area contributed by atoms with Crippen molar-refractivity contribution in [3.63, 3.8) is 0 Å². The van der Waals surface area contributed by atoms with Crippen molar-refractivity contribution >= 4 is 11.8 Å². The minimum Gasteiger partial charge on any atom is -0.451 e. The molecule has 0 bridgehead atoms. The molecule has 2 aromatic rings. The molecule has 8 nitrogen and oxygen atoms in total. The van der Waals surface area contributed by atoms with Crippen molar-refractivity contribution in [3.05, 3.63) is 36.3 Å². The van der Waals surface area contributed by atoms with Gasteiger partial charge in [-0.25, -0.2) is 4.98 Å². The Balaban J connectivity index is 0.000000148. The molecule has 1 fully saturated rings. The first-order chi connectivity index (χ1) is 9.16. The minimum atomic E-state index is -0.571. The van der Waals surface area contributed by atoms with E-state index in [1.54, 1.807) is 6.20 Å². The maximum absolute atomic E-state index is 11.2. The topological polar surface area (TPSA) is 127 Å². The summed E-state index contributed by atoms with van der Waals surface area (Å²) in [7, 11) is 0. The number of nitrogens with zero attached hydrogens (tertiary/aromatic N) is 2. The van der Waals surface area contributed by atoms with E-state index in [0.29, 0.717) is 11.6 Å². The van der Waals surface area contributed by atoms with Gasteiger partial charge in [-0.05, 0) is 12.8 Å². The maximum atomic E-state index is 11.2. The zero-order chi connectivity index (χ0) is 13.7. The lowest BCUT2D eigenvalue weighted by Gasteiger charge is -1.97. The van der Waals surface area contributed by atoms with Crippen LogP contribution < -0.4 is 11.1 Å². The van der Waals surface area contributed by atoms with E-state index in [4.69, 9.17) is 5.73 Å². The monoisotopic (exact) mass is 263 g/mol. The summed E-state index contributed by atoms with van der Waals surface area (Å²) in [6.45, 7) is 0. The van der Waals surface area contributed by atoms with Gasteiger partial charge >= 0.3 is 0 Å². The number of rotatable bonds is 3. The molecule has 2 aromatic heterocycles. The first kappa shape index (κ1) is 12.8. The molecule has 2 amide bonds. The van der Waals surface area contributed by atoms with E-state index in [-0.39, 0.29) is 11.6 Å². The molecule has 1 aliphatic carbocycles. The number of H-pyrrole nitrogens is 1. The van der Waals surface area contributed by atoms with Gasteiger partial charge in [0.2, 0.25) is 0 Å². The molecule has 19 heavy (non-hydrogen) atoms. The molecule has 0 atom stereocenters. The van der Waals surface area contributed by atoms with Crippen molar-refractivity contribution in [1.82, 2.24) is 20.5 Å². The molecule has 0 aromatic carbocycles. The standard InChI is InChI=1S/C7H9N3O.C4H4N2O2/c11-7(10-6-1-2-6)5-3-8-9-4-5;5-4(7)3-1-8-2-6-3/h3-4,6H,1-2H2,(H,8,9)(H,10,11);1-2H,(H2,5,7). The van der Waals surface area contributed by atoms with Gasteiger partial charge in [-0.2, -0.15) is 5.10 Å². The van der Waals surface area contributed by atoms with Crippen LogP contribution in [0.5, 0.6) is 0 Å². The van der Waals surface area contributed by atoms with Gasteiger partial charge in [0.15, 0.2) is 12.1 Å². The number of primary amides is 1. The molecule has 0 saturated heterocycles. The number of nitrogens with two attached hydrogens (primary N) is 1. The highest BCUT2D eigenvalue weighted by atomic mass is 16.3. The van der Waals surface area contributed by atoms with Gasteiger partial charge in [0.25, 0.3) is 11.8 Å². The number of oxazole rings is 1. The summed E-state index contributed by atoms with van der Waals surface area (Å²) in [5.41, 5.74) is 5.56. The molecule has 0 radical (unpaired) electrons. The SMILES string of the molecule is NC(=O)c1cocn1.O=C(NC1CC1)c1cn[nH]c1. The Kier molecular flexibility index (Phi) is 3.91. The summed E-state index contributed by atoms with van der Waals surface area (Å²) in [5, 5.41) is 9.14. The number of nitrogens with one attached hydrogen (secondary N) is 2. The van der Waals surface area contributed by atoms with Crippen molar-refractivity contribution in [2.75, 3.05) is 0 Å². The van der Waals surface area contributed by atoms with Crippen molar-refractivity contribution in [1.29, 1.82) is 0 Å². The number of carbonyl (C=O) groups is 2. The van der Waals surface area contributed by atoms with Crippen LogP contribution in [0.1, 0.15) is 33.7 Å². The summed E-state index contributed by atoms with van der Waals surface area (Å²) in [6.07, 6.45) is 7.70. The molecule has 0 spiro atoms. The van der Waals surface area contributed by atoms with Crippen LogP contribution in [0.25, 0.3) is 0 Å². The third kappa shape index (κ3) is 3.95. The number of amides is 2. The Hall–Kier alpha value is -2.64. The Morgan fingerprint density at radius 2 is 2.26 bits per heavy atom. The fraction of sp³-hybridized carbons (Fsp3) is 0.273. The number of hydrogen-bond donors (Lipinski definition) is 3. The van der Waals surface area contributed by atoms with Gasteiger partial charge in [0.05, 0.1) is 11.8 Å². The Morgan fingerprint density at radius 1 is 1.47 bits per heavy atom. The largest absolute Gasteiger partial charge is 0.451 e. The van der Waals surface area contributed by atoms with Crippen LogP contribution in [0, 0.1) is 0 Å². The lowest BCUT2D eigenvalue weighted by molar-refractivity contribution is 0.0949. The van der Waals surface area contributed by atoms with Crippen LogP contribution in [0.2, 0.25) is 0 Å². The number of carbonyl (C=O) groups excluding carboxylic acids is 2. The molecule has 2 heterocycles. The minimum absolute atomic E-state index is 0.0266. The molecule has 0 aliphatic heterocycles. The molecule has 100 valence electrons. The predicted molar refractivity (Wildman–Crippen MR) is 64.1 cm³/mol. The zero-order valence-electron chi connectivity index (χ0n) is 10.00. The Morgan fingerprint density at radius 3 is 2.68 bits per heavy atom. The van der Waals surface area contributed by atoms with E-state index < -0.39 is 5.91 Å². The highest BCUT2D eigenvalue weighted by molar-refractivity contribution is 5.94. The lowest BCUT2D eigenvalue weighted by Crippen LogP contribution is -2.24. The van der Waals surface area contributed by atoms with Crippen molar-refractivity contribution < 1.29 is 14.0 Å². The highest BCUT2D eigenvalue weighted by Crippen LogP contribution is 2.18. The molecule has 8 heteroatoms. The van der Waals surface area contributed by atoms with E-state index >= 15 is 0 Å². The second-order valence-corrected chi connectivity index (χ2v) is 3.97. The summed E-state index contributed by atoms with van der Waals surface area (Å²) in [4.78, 5) is 24.8. The quantitative estimate of drug-likeness (QED) is 0.722. The second kappa shape index (κ2) is 5.80. The Bertz CT molecular complexity index is 531. The van der Waals surface area contributed by atoms with Crippen LogP contribution >= 0.6 is 0 Å². The summed E-state index contributed by atoms with van der Waals surface area (Å²) in [6, 6.07) is 0.414. The zero-order valence-corrected chi connectivity index (χ0v) is 10.00. The molecular weight excluding hydrogens is 250 g/mol. The molecule has 1 saturated carbocycles. The smallest absolute Gasteiger partial charge is 0.270 e. The molecule has 0 unspecified atom stereocenters. The third-order valence-electron chi connectivity index (χ3n) is 2.36. The molecule has 1 aliphatic rings. The van der Waals surface area contributed by atoms with Crippen molar-refractivity contribution in [2.45, 2.75) is 18.9 Å². The second-order valence-electron chi connectivity index (χ2n) is 3.97. The average molecular weight is 263 g/mol. The van der Waals surface area contributed by atoms with Crippen molar-refractivity contribution in [3.8, 4) is 0 Å². The van der Waals surface area contributed by atoms with Crippen LogP contribution in [0.15, 0.2) is 29.5 Å². The fourth-order valence-electron chi connectivity index (χ4n) is 1.21. The predicted octanol–water partition coefficient (Wildman–Crippen LogP) is 0.0754. The fourth-order valence-corrected chi connectivity index (χ4v) is 1.21. The lowest BCUT2D eigenvalue weighted by atomic mass is 10.3. The molecule has 4 N–H and O–H groups in total. The first-order valence-electron chi connectivity index (χ1n) is 5.64. The van der Waals surface area contributed by atoms with Gasteiger partial charge in [0, 0.05) is 12.2 Å². The number of hydrogen-bond acceptors (Lipinski definition) is 5. The van der Waals surface area contributed by atoms with E-state index in [1.807, 2.05) is 0 Å². The maximum Gasteiger partial charge on any atom is 0.270 e. The van der Waals surface area contributed by atoms with E-state index in [0.717, 1.165) is 19.2 Å². The summed E-state index contributed by atoms with van der Waals surface area (Å²) in [5.74, 6) is -0.597. The van der Waals surface area contributed by atoms with E-state index in [2.05, 4.69) is 24.9 Å². The van der Waals surface area contributed by atoms with Gasteiger partial charge in [0.1, 0.15) is 6.26 Å². The molecule has 3 rings (SSSR count). The number of aromatic nitrogens is 3. The Labute approximate surface area is 108 Å². The van der Waals surface area contributed by atoms with Gasteiger partial charge in [-0.3, -0.25) is 14.7 Å². The number of aromatic amines is 1. The highest BCUT2D eigenvalue weighted by Gasteiger charge is 2.23. The molecular formula is C11H13N5O3. The first-order valence-corrected chi connectivity index (χ1v) is 5.64. The van der Waals surface area contributed by atoms with Gasteiger partial charge in [-0.15, -0.1) is 0 Å². The summed E-state index contributed by atoms with van der Waals surface area (Å²) < 4.78 is 4.46. The van der Waals surface area contributed by atoms with Gasteiger partial charge < -0.3 is 15.5 Å². The van der Waals surface area contributed by atoms with Crippen LogP contribution in [0.3, 0.4) is 0 Å². The van der Waals surface area contributed by atoms with E-state index in [9.17, 15) is 9.59 Å². The van der Waals surface area contributed by atoms with Gasteiger partial charge in [-0.1, -0.05) is 0 Å². The van der Waals surface area contributed by atoms with Crippen LogP contribution in [-0.4, -0.2) is 33.0 Å².